The Morgan fingerprint density at radius 2 is 1.53 bits per heavy atom. The normalized spacial score (nSPS) is 15.4. The van der Waals surface area contributed by atoms with Gasteiger partial charge in [-0.05, 0) is 61.4 Å². The van der Waals surface area contributed by atoms with Crippen LogP contribution in [0.2, 0.25) is 0 Å². The molecule has 6 rings (SSSR count). The molecule has 0 atom stereocenters. The minimum atomic E-state index is -0.109. The molecule has 47 heavy (non-hydrogen) atoms. The Bertz CT molecular complexity index is 1760. The molecule has 1 amide bonds. The third kappa shape index (κ3) is 6.80. The number of aryl methyl sites for hydroxylation is 3. The Hall–Kier alpha value is -3.79. The van der Waals surface area contributed by atoms with Crippen molar-refractivity contribution >= 4 is 22.9 Å². The first-order valence-electron chi connectivity index (χ1n) is 17.2. The summed E-state index contributed by atoms with van der Waals surface area (Å²) in [5, 5.41) is 7.43. The van der Waals surface area contributed by atoms with Crippen molar-refractivity contribution in [2.24, 2.45) is 5.92 Å². The largest absolute Gasteiger partial charge is 0.369 e. The fourth-order valence-corrected chi connectivity index (χ4v) is 7.83. The van der Waals surface area contributed by atoms with E-state index in [2.05, 4.69) is 92.6 Å². The minimum Gasteiger partial charge on any atom is -0.369 e. The van der Waals surface area contributed by atoms with Crippen molar-refractivity contribution in [1.82, 2.24) is 25.1 Å². The van der Waals surface area contributed by atoms with E-state index in [4.69, 9.17) is 4.98 Å². The van der Waals surface area contributed by atoms with E-state index in [1.807, 2.05) is 15.5 Å². The number of piperazine rings is 2. The van der Waals surface area contributed by atoms with Crippen molar-refractivity contribution in [3.05, 3.63) is 86.1 Å². The van der Waals surface area contributed by atoms with Gasteiger partial charge in [0.05, 0.1) is 22.5 Å². The van der Waals surface area contributed by atoms with E-state index < -0.39 is 0 Å². The van der Waals surface area contributed by atoms with Gasteiger partial charge in [0.2, 0.25) is 0 Å². The van der Waals surface area contributed by atoms with E-state index in [1.54, 1.807) is 0 Å². The molecular formula is C38H48N6O2S. The third-order valence-electron chi connectivity index (χ3n) is 9.38. The van der Waals surface area contributed by atoms with Gasteiger partial charge in [-0.3, -0.25) is 14.2 Å². The molecule has 2 aliphatic rings. The highest BCUT2D eigenvalue weighted by molar-refractivity contribution is 7.15. The average Bonchev–Trinajstić information content (AvgIpc) is 3.49. The first-order valence-corrected chi connectivity index (χ1v) is 18.1. The van der Waals surface area contributed by atoms with Gasteiger partial charge in [-0.1, -0.05) is 58.0 Å². The third-order valence-corrected chi connectivity index (χ3v) is 10.4. The van der Waals surface area contributed by atoms with Gasteiger partial charge in [-0.15, -0.1) is 11.3 Å². The first kappa shape index (κ1) is 33.1. The maximum Gasteiger partial charge on any atom is 0.265 e. The Kier molecular flexibility index (Phi) is 10.2. The summed E-state index contributed by atoms with van der Waals surface area (Å²) < 4.78 is 1.89. The maximum absolute atomic E-state index is 14.9. The molecule has 2 saturated heterocycles. The van der Waals surface area contributed by atoms with Crippen LogP contribution >= 0.6 is 11.3 Å². The Labute approximate surface area is 282 Å². The van der Waals surface area contributed by atoms with Crippen molar-refractivity contribution in [2.75, 3.05) is 57.3 Å². The summed E-state index contributed by atoms with van der Waals surface area (Å²) in [5.41, 5.74) is 8.04. The molecule has 0 bridgehead atoms. The topological polar surface area (TPSA) is 82.5 Å². The molecule has 4 heterocycles. The van der Waals surface area contributed by atoms with Crippen LogP contribution in [-0.4, -0.2) is 72.7 Å². The number of pyridine rings is 1. The number of carbonyl (C=O) groups is 1. The molecule has 0 spiro atoms. The minimum absolute atomic E-state index is 0.0128. The first-order chi connectivity index (χ1) is 22.8. The van der Waals surface area contributed by atoms with Crippen LogP contribution in [0.25, 0.3) is 27.5 Å². The zero-order valence-corrected chi connectivity index (χ0v) is 29.3. The van der Waals surface area contributed by atoms with Gasteiger partial charge in [0.25, 0.3) is 11.5 Å². The van der Waals surface area contributed by atoms with Gasteiger partial charge in [0.15, 0.2) is 0 Å². The van der Waals surface area contributed by atoms with Gasteiger partial charge in [-0.25, -0.2) is 4.98 Å². The number of rotatable bonds is 9. The Morgan fingerprint density at radius 3 is 2.13 bits per heavy atom. The lowest BCUT2D eigenvalue weighted by Crippen LogP contribution is -2.47. The van der Waals surface area contributed by atoms with Crippen LogP contribution in [0.15, 0.2) is 53.3 Å². The van der Waals surface area contributed by atoms with Gasteiger partial charge < -0.3 is 20.4 Å². The second-order valence-electron chi connectivity index (χ2n) is 13.0. The number of hydrogen-bond acceptors (Lipinski definition) is 7. The summed E-state index contributed by atoms with van der Waals surface area (Å²) in [6.45, 7) is 17.4. The SMILES string of the molecule is CCc1cccc(CC)c1-n1c(CC(C)C)c(C(=O)N2CCNCC2)cc(-c2nc(-c3ccc(N4CCNCC4)cc3)c(C)s2)c1=O. The number of thiazole rings is 1. The predicted octanol–water partition coefficient (Wildman–Crippen LogP) is 5.71. The number of benzene rings is 2. The van der Waals surface area contributed by atoms with E-state index in [9.17, 15) is 9.59 Å². The standard InChI is InChI=1S/C38H48N6O2S/c1-6-27-9-8-10-28(7-2)35(27)44-33(23-25(3)4)31(37(45)43-21-17-40-18-22-43)24-32(38(44)46)36-41-34(26(5)47-36)29-11-13-30(14-12-29)42-19-15-39-16-20-42/h8-14,24-25,39-40H,6-7,15-23H2,1-5H3. The summed E-state index contributed by atoms with van der Waals surface area (Å²) in [7, 11) is 0. The number of anilines is 1. The molecule has 8 nitrogen and oxygen atoms in total. The van der Waals surface area contributed by atoms with Gasteiger partial charge >= 0.3 is 0 Å². The van der Waals surface area contributed by atoms with Crippen LogP contribution in [0.3, 0.4) is 0 Å². The zero-order valence-electron chi connectivity index (χ0n) is 28.5. The van der Waals surface area contributed by atoms with E-state index >= 15 is 0 Å². The van der Waals surface area contributed by atoms with Crippen LogP contribution in [0.1, 0.15) is 59.8 Å². The molecule has 2 aromatic heterocycles. The highest BCUT2D eigenvalue weighted by atomic mass is 32.1. The summed E-state index contributed by atoms with van der Waals surface area (Å²) in [6.07, 6.45) is 2.18. The highest BCUT2D eigenvalue weighted by Gasteiger charge is 2.29. The van der Waals surface area contributed by atoms with E-state index in [1.165, 1.54) is 17.0 Å². The number of hydrogen-bond donors (Lipinski definition) is 2. The zero-order chi connectivity index (χ0) is 33.1. The summed E-state index contributed by atoms with van der Waals surface area (Å²) >= 11 is 1.53. The van der Waals surface area contributed by atoms with Crippen LogP contribution in [0.4, 0.5) is 5.69 Å². The van der Waals surface area contributed by atoms with Crippen molar-refractivity contribution < 1.29 is 4.79 Å². The van der Waals surface area contributed by atoms with Crippen molar-refractivity contribution in [1.29, 1.82) is 0 Å². The quantitative estimate of drug-likeness (QED) is 0.241. The molecule has 9 heteroatoms. The second-order valence-corrected chi connectivity index (χ2v) is 14.2. The monoisotopic (exact) mass is 652 g/mol. The Morgan fingerprint density at radius 1 is 0.915 bits per heavy atom. The molecular weight excluding hydrogens is 605 g/mol. The molecule has 4 aromatic rings. The highest BCUT2D eigenvalue weighted by Crippen LogP contribution is 2.35. The molecule has 0 unspecified atom stereocenters. The Balaban J connectivity index is 1.53. The lowest BCUT2D eigenvalue weighted by molar-refractivity contribution is 0.0733. The fraction of sp³-hybridized carbons (Fsp3) is 0.447. The molecule has 248 valence electrons. The molecule has 0 aliphatic carbocycles. The van der Waals surface area contributed by atoms with Crippen molar-refractivity contribution in [3.63, 3.8) is 0 Å². The number of amides is 1. The smallest absolute Gasteiger partial charge is 0.265 e. The maximum atomic E-state index is 14.9. The summed E-state index contributed by atoms with van der Waals surface area (Å²) in [6, 6.07) is 16.8. The number of aromatic nitrogens is 2. The van der Waals surface area contributed by atoms with Gasteiger partial charge in [-0.2, -0.15) is 0 Å². The molecule has 2 aliphatic heterocycles. The summed E-state index contributed by atoms with van der Waals surface area (Å²) in [5.74, 6) is 0.235. The second kappa shape index (κ2) is 14.5. The molecule has 0 saturated carbocycles. The van der Waals surface area contributed by atoms with Gasteiger partial charge in [0, 0.05) is 74.2 Å². The van der Waals surface area contributed by atoms with E-state index in [0.29, 0.717) is 35.6 Å². The van der Waals surface area contributed by atoms with E-state index in [-0.39, 0.29) is 17.4 Å². The fourth-order valence-electron chi connectivity index (χ4n) is 6.89. The molecule has 2 N–H and O–H groups in total. The lowest BCUT2D eigenvalue weighted by atomic mass is 9.97. The number of para-hydroxylation sites is 1. The summed E-state index contributed by atoms with van der Waals surface area (Å²) in [4.78, 5) is 39.8. The van der Waals surface area contributed by atoms with Crippen molar-refractivity contribution in [3.8, 4) is 27.5 Å². The molecule has 0 radical (unpaired) electrons. The van der Waals surface area contributed by atoms with E-state index in [0.717, 1.165) is 90.8 Å². The van der Waals surface area contributed by atoms with Crippen LogP contribution < -0.4 is 21.1 Å². The molecule has 2 fully saturated rings. The lowest BCUT2D eigenvalue weighted by Gasteiger charge is -2.30. The number of nitrogens with one attached hydrogen (secondary N) is 2. The molecule has 2 aromatic carbocycles. The van der Waals surface area contributed by atoms with Crippen LogP contribution in [0.5, 0.6) is 0 Å². The van der Waals surface area contributed by atoms with Crippen molar-refractivity contribution in [2.45, 2.75) is 53.9 Å². The number of carbonyl (C=O) groups excluding carboxylic acids is 1. The van der Waals surface area contributed by atoms with Crippen LogP contribution in [0, 0.1) is 12.8 Å². The number of nitrogens with zero attached hydrogens (tertiary/aromatic N) is 4. The predicted molar refractivity (Wildman–Crippen MR) is 194 cm³/mol. The average molecular weight is 653 g/mol. The van der Waals surface area contributed by atoms with Crippen LogP contribution in [-0.2, 0) is 19.3 Å². The van der Waals surface area contributed by atoms with Gasteiger partial charge in [0.1, 0.15) is 5.01 Å².